The Bertz CT molecular complexity index is 538. The zero-order chi connectivity index (χ0) is 14.5. The molecular weight excluding hydrogens is 250 g/mol. The minimum absolute atomic E-state index is 0.463. The fourth-order valence-corrected chi connectivity index (χ4v) is 2.09. The van der Waals surface area contributed by atoms with Crippen molar-refractivity contribution >= 4 is 0 Å². The molecule has 3 heteroatoms. The standard InChI is InChI=1S/C17H23NO2/c1-12(2)18-9-15-8-17(19-10-15)11-20-16-6-13(3)5-14(4)7-16/h5-8,10,12,18H,9,11H2,1-4H3. The van der Waals surface area contributed by atoms with Crippen LogP contribution >= 0.6 is 0 Å². The first-order valence-electron chi connectivity index (χ1n) is 7.03. The van der Waals surface area contributed by atoms with E-state index in [1.165, 1.54) is 11.1 Å². The molecule has 20 heavy (non-hydrogen) atoms. The Kier molecular flexibility index (Phi) is 4.85. The third-order valence-electron chi connectivity index (χ3n) is 3.00. The second kappa shape index (κ2) is 6.62. The van der Waals surface area contributed by atoms with Crippen LogP contribution in [0, 0.1) is 13.8 Å². The SMILES string of the molecule is Cc1cc(C)cc(OCc2cc(CNC(C)C)co2)c1. The first-order valence-corrected chi connectivity index (χ1v) is 7.03. The van der Waals surface area contributed by atoms with E-state index < -0.39 is 0 Å². The highest BCUT2D eigenvalue weighted by Crippen LogP contribution is 2.18. The second-order valence-electron chi connectivity index (χ2n) is 5.57. The molecule has 0 aliphatic heterocycles. The van der Waals surface area contributed by atoms with Crippen LogP contribution in [0.4, 0.5) is 0 Å². The molecule has 0 atom stereocenters. The third-order valence-corrected chi connectivity index (χ3v) is 3.00. The van der Waals surface area contributed by atoms with Gasteiger partial charge in [-0.15, -0.1) is 0 Å². The van der Waals surface area contributed by atoms with Gasteiger partial charge in [0, 0.05) is 18.2 Å². The minimum Gasteiger partial charge on any atom is -0.486 e. The molecule has 1 aromatic carbocycles. The van der Waals surface area contributed by atoms with Crippen LogP contribution in [0.1, 0.15) is 36.3 Å². The van der Waals surface area contributed by atoms with Gasteiger partial charge in [0.15, 0.2) is 0 Å². The lowest BCUT2D eigenvalue weighted by Crippen LogP contribution is -2.21. The highest BCUT2D eigenvalue weighted by atomic mass is 16.5. The molecule has 2 rings (SSSR count). The smallest absolute Gasteiger partial charge is 0.146 e. The molecule has 1 heterocycles. The van der Waals surface area contributed by atoms with Crippen LogP contribution in [0.2, 0.25) is 0 Å². The van der Waals surface area contributed by atoms with Crippen molar-refractivity contribution in [3.8, 4) is 5.75 Å². The van der Waals surface area contributed by atoms with Crippen molar-refractivity contribution in [2.45, 2.75) is 46.9 Å². The quantitative estimate of drug-likeness (QED) is 0.864. The van der Waals surface area contributed by atoms with Crippen molar-refractivity contribution in [3.63, 3.8) is 0 Å². The Morgan fingerprint density at radius 1 is 1.10 bits per heavy atom. The predicted octanol–water partition coefficient (Wildman–Crippen LogP) is 3.97. The Morgan fingerprint density at radius 2 is 1.80 bits per heavy atom. The molecule has 108 valence electrons. The lowest BCUT2D eigenvalue weighted by atomic mass is 10.1. The maximum atomic E-state index is 5.78. The number of hydrogen-bond acceptors (Lipinski definition) is 3. The van der Waals surface area contributed by atoms with Crippen LogP contribution in [-0.4, -0.2) is 6.04 Å². The van der Waals surface area contributed by atoms with Gasteiger partial charge in [-0.3, -0.25) is 0 Å². The normalized spacial score (nSPS) is 11.1. The van der Waals surface area contributed by atoms with Gasteiger partial charge in [0.05, 0.1) is 6.26 Å². The highest BCUT2D eigenvalue weighted by Gasteiger charge is 2.04. The summed E-state index contributed by atoms with van der Waals surface area (Å²) in [6.45, 7) is 9.69. The molecule has 0 saturated heterocycles. The molecule has 1 N–H and O–H groups in total. The van der Waals surface area contributed by atoms with Crippen LogP contribution in [0.15, 0.2) is 34.9 Å². The number of ether oxygens (including phenoxy) is 1. The molecule has 0 amide bonds. The average molecular weight is 273 g/mol. The predicted molar refractivity (Wildman–Crippen MR) is 80.9 cm³/mol. The van der Waals surface area contributed by atoms with Gasteiger partial charge >= 0.3 is 0 Å². The van der Waals surface area contributed by atoms with Crippen molar-refractivity contribution in [2.24, 2.45) is 0 Å². The van der Waals surface area contributed by atoms with Crippen LogP contribution < -0.4 is 10.1 Å². The number of furan rings is 1. The average Bonchev–Trinajstić information content (AvgIpc) is 2.81. The molecule has 0 saturated carbocycles. The van der Waals surface area contributed by atoms with Crippen molar-refractivity contribution in [2.75, 3.05) is 0 Å². The molecule has 2 aromatic rings. The van der Waals surface area contributed by atoms with Crippen molar-refractivity contribution in [1.29, 1.82) is 0 Å². The fraction of sp³-hybridized carbons (Fsp3) is 0.412. The van der Waals surface area contributed by atoms with E-state index in [0.29, 0.717) is 12.6 Å². The Labute approximate surface area is 121 Å². The summed E-state index contributed by atoms with van der Waals surface area (Å²) in [5.74, 6) is 1.74. The molecule has 3 nitrogen and oxygen atoms in total. The van der Waals surface area contributed by atoms with Crippen molar-refractivity contribution in [1.82, 2.24) is 5.32 Å². The molecule has 0 unspecified atom stereocenters. The lowest BCUT2D eigenvalue weighted by Gasteiger charge is -2.06. The number of rotatable bonds is 6. The zero-order valence-electron chi connectivity index (χ0n) is 12.7. The van der Waals surface area contributed by atoms with Crippen molar-refractivity contribution < 1.29 is 9.15 Å². The van der Waals surface area contributed by atoms with E-state index in [-0.39, 0.29) is 0 Å². The maximum Gasteiger partial charge on any atom is 0.146 e. The largest absolute Gasteiger partial charge is 0.486 e. The summed E-state index contributed by atoms with van der Waals surface area (Å²) in [5, 5.41) is 3.36. The van der Waals surface area contributed by atoms with Gasteiger partial charge in [-0.1, -0.05) is 19.9 Å². The van der Waals surface area contributed by atoms with Crippen LogP contribution in [-0.2, 0) is 13.2 Å². The maximum absolute atomic E-state index is 5.78. The van der Waals surface area contributed by atoms with Crippen LogP contribution in [0.5, 0.6) is 5.75 Å². The number of nitrogens with one attached hydrogen (secondary N) is 1. The molecule has 0 bridgehead atoms. The van der Waals surface area contributed by atoms with Gasteiger partial charge in [0.1, 0.15) is 18.1 Å². The number of benzene rings is 1. The molecule has 0 aliphatic rings. The van der Waals surface area contributed by atoms with Gasteiger partial charge in [-0.25, -0.2) is 0 Å². The third kappa shape index (κ3) is 4.42. The summed E-state index contributed by atoms with van der Waals surface area (Å²) in [7, 11) is 0. The van der Waals surface area contributed by atoms with Gasteiger partial charge < -0.3 is 14.5 Å². The Morgan fingerprint density at radius 3 is 2.45 bits per heavy atom. The topological polar surface area (TPSA) is 34.4 Å². The summed E-state index contributed by atoms with van der Waals surface area (Å²) in [6, 6.07) is 8.72. The van der Waals surface area contributed by atoms with Crippen LogP contribution in [0.3, 0.4) is 0 Å². The second-order valence-corrected chi connectivity index (χ2v) is 5.57. The summed E-state index contributed by atoms with van der Waals surface area (Å²) in [6.07, 6.45) is 1.79. The van der Waals surface area contributed by atoms with Gasteiger partial charge in [0.25, 0.3) is 0 Å². The Hall–Kier alpha value is -1.74. The van der Waals surface area contributed by atoms with Gasteiger partial charge in [-0.2, -0.15) is 0 Å². The molecule has 1 aromatic heterocycles. The lowest BCUT2D eigenvalue weighted by molar-refractivity contribution is 0.270. The molecule has 0 spiro atoms. The van der Waals surface area contributed by atoms with Gasteiger partial charge in [0.2, 0.25) is 0 Å². The van der Waals surface area contributed by atoms with E-state index in [2.05, 4.69) is 39.1 Å². The summed E-state index contributed by atoms with van der Waals surface area (Å²) >= 11 is 0. The molecular formula is C17H23NO2. The number of aryl methyl sites for hydroxylation is 2. The van der Waals surface area contributed by atoms with E-state index in [1.54, 1.807) is 6.26 Å². The summed E-state index contributed by atoms with van der Waals surface area (Å²) < 4.78 is 11.3. The van der Waals surface area contributed by atoms with E-state index in [1.807, 2.05) is 18.2 Å². The zero-order valence-corrected chi connectivity index (χ0v) is 12.7. The van der Waals surface area contributed by atoms with Crippen LogP contribution in [0.25, 0.3) is 0 Å². The first kappa shape index (κ1) is 14.7. The Balaban J connectivity index is 1.90. The molecule has 0 radical (unpaired) electrons. The minimum atomic E-state index is 0.463. The fourth-order valence-electron chi connectivity index (χ4n) is 2.09. The number of hydrogen-bond donors (Lipinski definition) is 1. The monoisotopic (exact) mass is 273 g/mol. The van der Waals surface area contributed by atoms with E-state index in [9.17, 15) is 0 Å². The summed E-state index contributed by atoms with van der Waals surface area (Å²) in [5.41, 5.74) is 3.57. The first-order chi connectivity index (χ1) is 9.52. The molecule has 0 aliphatic carbocycles. The van der Waals surface area contributed by atoms with E-state index in [4.69, 9.17) is 9.15 Å². The van der Waals surface area contributed by atoms with E-state index in [0.717, 1.165) is 23.6 Å². The van der Waals surface area contributed by atoms with E-state index >= 15 is 0 Å². The highest BCUT2D eigenvalue weighted by molar-refractivity contribution is 5.33. The summed E-state index contributed by atoms with van der Waals surface area (Å²) in [4.78, 5) is 0. The molecule has 0 fully saturated rings. The van der Waals surface area contributed by atoms with Crippen molar-refractivity contribution in [3.05, 3.63) is 53.0 Å². The van der Waals surface area contributed by atoms with Gasteiger partial charge in [-0.05, 0) is 43.2 Å².